The molecule has 0 spiro atoms. The van der Waals surface area contributed by atoms with Gasteiger partial charge in [-0.2, -0.15) is 0 Å². The van der Waals surface area contributed by atoms with E-state index in [-0.39, 0.29) is 5.91 Å². The molecule has 3 fully saturated rings. The van der Waals surface area contributed by atoms with E-state index >= 15 is 0 Å². The molecule has 0 aromatic heterocycles. The fourth-order valence-electron chi connectivity index (χ4n) is 3.22. The van der Waals surface area contributed by atoms with Crippen LogP contribution in [0.5, 0.6) is 0 Å². The van der Waals surface area contributed by atoms with Crippen molar-refractivity contribution in [3.63, 3.8) is 0 Å². The fraction of sp³-hybridized carbons (Fsp3) is 0.929. The molecule has 0 aromatic rings. The van der Waals surface area contributed by atoms with Crippen LogP contribution in [0.3, 0.4) is 0 Å². The highest BCUT2D eigenvalue weighted by Crippen LogP contribution is 2.22. The molecule has 4 heteroatoms. The third kappa shape index (κ3) is 3.23. The van der Waals surface area contributed by atoms with Gasteiger partial charge < -0.3 is 10.6 Å². The Kier molecular flexibility index (Phi) is 3.85. The summed E-state index contributed by atoms with van der Waals surface area (Å²) in [6.07, 6.45) is 8.49. The molecule has 2 N–H and O–H groups in total. The molecule has 18 heavy (non-hydrogen) atoms. The molecule has 102 valence electrons. The Balaban J connectivity index is 1.48. The van der Waals surface area contributed by atoms with Gasteiger partial charge in [0.15, 0.2) is 0 Å². The average Bonchev–Trinajstić information content (AvgIpc) is 3.12. The van der Waals surface area contributed by atoms with Crippen LogP contribution in [0.15, 0.2) is 0 Å². The fourth-order valence-corrected chi connectivity index (χ4v) is 3.22. The summed E-state index contributed by atoms with van der Waals surface area (Å²) in [5.41, 5.74) is 0. The van der Waals surface area contributed by atoms with Crippen LogP contribution in [-0.2, 0) is 4.79 Å². The molecule has 2 heterocycles. The molecule has 0 bridgehead atoms. The number of nitrogens with one attached hydrogen (secondary N) is 2. The molecule has 1 saturated carbocycles. The van der Waals surface area contributed by atoms with E-state index in [1.807, 2.05) is 0 Å². The van der Waals surface area contributed by atoms with Crippen LogP contribution in [0.1, 0.15) is 44.9 Å². The summed E-state index contributed by atoms with van der Waals surface area (Å²) in [5.74, 6) is 0.240. The number of rotatable bonds is 5. The van der Waals surface area contributed by atoms with Crippen LogP contribution in [0.4, 0.5) is 0 Å². The summed E-state index contributed by atoms with van der Waals surface area (Å²) in [6, 6.07) is 1.90. The number of hydrogen-bond acceptors (Lipinski definition) is 3. The van der Waals surface area contributed by atoms with Crippen molar-refractivity contribution in [1.82, 2.24) is 15.5 Å². The van der Waals surface area contributed by atoms with E-state index in [0.29, 0.717) is 12.1 Å². The standard InChI is InChI=1S/C14H25N3O/c18-14-7-6-12(16-14)10-17-8-2-1-3-13(17)9-15-11-4-5-11/h11-13,15H,1-10H2,(H,16,18). The van der Waals surface area contributed by atoms with Crippen molar-refractivity contribution in [3.05, 3.63) is 0 Å². The maximum Gasteiger partial charge on any atom is 0.220 e. The molecule has 4 nitrogen and oxygen atoms in total. The van der Waals surface area contributed by atoms with Gasteiger partial charge in [0, 0.05) is 37.6 Å². The summed E-state index contributed by atoms with van der Waals surface area (Å²) >= 11 is 0. The second-order valence-corrected chi connectivity index (χ2v) is 6.13. The van der Waals surface area contributed by atoms with Gasteiger partial charge in [-0.05, 0) is 38.6 Å². The molecular formula is C14H25N3O. The van der Waals surface area contributed by atoms with Gasteiger partial charge in [-0.3, -0.25) is 9.69 Å². The van der Waals surface area contributed by atoms with Crippen LogP contribution in [0.2, 0.25) is 0 Å². The zero-order valence-corrected chi connectivity index (χ0v) is 11.2. The lowest BCUT2D eigenvalue weighted by Gasteiger charge is -2.37. The van der Waals surface area contributed by atoms with E-state index in [1.165, 1.54) is 38.6 Å². The predicted molar refractivity (Wildman–Crippen MR) is 71.4 cm³/mol. The van der Waals surface area contributed by atoms with Gasteiger partial charge >= 0.3 is 0 Å². The summed E-state index contributed by atoms with van der Waals surface area (Å²) < 4.78 is 0. The highest BCUT2D eigenvalue weighted by Gasteiger charge is 2.29. The van der Waals surface area contributed by atoms with Crippen LogP contribution < -0.4 is 10.6 Å². The Bertz CT molecular complexity index is 303. The molecule has 2 saturated heterocycles. The average molecular weight is 251 g/mol. The summed E-state index contributed by atoms with van der Waals surface area (Å²) in [6.45, 7) is 3.41. The SMILES string of the molecule is O=C1CCC(CN2CCCCC2CNC2CC2)N1. The molecule has 0 aromatic carbocycles. The predicted octanol–water partition coefficient (Wildman–Crippen LogP) is 0.872. The lowest BCUT2D eigenvalue weighted by atomic mass is 10.0. The van der Waals surface area contributed by atoms with Gasteiger partial charge in [0.2, 0.25) is 5.91 Å². The van der Waals surface area contributed by atoms with Crippen LogP contribution in [-0.4, -0.2) is 48.6 Å². The first-order chi connectivity index (χ1) is 8.81. The number of carbonyl (C=O) groups is 1. The number of piperidine rings is 1. The Morgan fingerprint density at radius 1 is 1.22 bits per heavy atom. The van der Waals surface area contributed by atoms with E-state index in [4.69, 9.17) is 0 Å². The van der Waals surface area contributed by atoms with Crippen molar-refractivity contribution in [1.29, 1.82) is 0 Å². The Labute approximate surface area is 109 Å². The van der Waals surface area contributed by atoms with E-state index in [2.05, 4.69) is 15.5 Å². The minimum absolute atomic E-state index is 0.240. The number of hydrogen-bond donors (Lipinski definition) is 2. The first-order valence-electron chi connectivity index (χ1n) is 7.58. The van der Waals surface area contributed by atoms with Crippen molar-refractivity contribution in [2.45, 2.75) is 63.1 Å². The smallest absolute Gasteiger partial charge is 0.220 e. The van der Waals surface area contributed by atoms with Crippen LogP contribution in [0.25, 0.3) is 0 Å². The van der Waals surface area contributed by atoms with Gasteiger partial charge in [0.05, 0.1) is 0 Å². The molecule has 2 unspecified atom stereocenters. The van der Waals surface area contributed by atoms with Gasteiger partial charge in [-0.1, -0.05) is 6.42 Å². The van der Waals surface area contributed by atoms with Gasteiger partial charge in [-0.25, -0.2) is 0 Å². The zero-order chi connectivity index (χ0) is 12.4. The molecule has 1 aliphatic carbocycles. The quantitative estimate of drug-likeness (QED) is 0.762. The Hall–Kier alpha value is -0.610. The van der Waals surface area contributed by atoms with Gasteiger partial charge in [0.1, 0.15) is 0 Å². The minimum Gasteiger partial charge on any atom is -0.352 e. The van der Waals surface area contributed by atoms with Gasteiger partial charge in [-0.15, -0.1) is 0 Å². The maximum absolute atomic E-state index is 11.3. The highest BCUT2D eigenvalue weighted by molar-refractivity contribution is 5.78. The monoisotopic (exact) mass is 251 g/mol. The van der Waals surface area contributed by atoms with Crippen LogP contribution in [0, 0.1) is 0 Å². The number of likely N-dealkylation sites (tertiary alicyclic amines) is 1. The van der Waals surface area contributed by atoms with Crippen molar-refractivity contribution in [2.75, 3.05) is 19.6 Å². The molecule has 2 atom stereocenters. The van der Waals surface area contributed by atoms with E-state index < -0.39 is 0 Å². The maximum atomic E-state index is 11.3. The van der Waals surface area contributed by atoms with Crippen molar-refractivity contribution in [2.24, 2.45) is 0 Å². The third-order valence-corrected chi connectivity index (χ3v) is 4.51. The summed E-state index contributed by atoms with van der Waals surface area (Å²) in [4.78, 5) is 13.9. The second-order valence-electron chi connectivity index (χ2n) is 6.13. The number of carbonyl (C=O) groups excluding carboxylic acids is 1. The zero-order valence-electron chi connectivity index (χ0n) is 11.2. The van der Waals surface area contributed by atoms with Crippen molar-refractivity contribution in [3.8, 4) is 0 Å². The number of amides is 1. The Morgan fingerprint density at radius 2 is 2.11 bits per heavy atom. The number of nitrogens with zero attached hydrogens (tertiary/aromatic N) is 1. The molecule has 3 aliphatic rings. The molecule has 1 amide bonds. The minimum atomic E-state index is 0.240. The van der Waals surface area contributed by atoms with E-state index in [9.17, 15) is 4.79 Å². The second kappa shape index (κ2) is 5.57. The normalized spacial score (nSPS) is 33.7. The lowest BCUT2D eigenvalue weighted by molar-refractivity contribution is -0.119. The van der Waals surface area contributed by atoms with Crippen molar-refractivity contribution < 1.29 is 4.79 Å². The highest BCUT2D eigenvalue weighted by atomic mass is 16.1. The van der Waals surface area contributed by atoms with E-state index in [1.54, 1.807) is 0 Å². The molecule has 0 radical (unpaired) electrons. The summed E-state index contributed by atoms with van der Waals surface area (Å²) in [5, 5.41) is 6.76. The topological polar surface area (TPSA) is 44.4 Å². The largest absolute Gasteiger partial charge is 0.352 e. The van der Waals surface area contributed by atoms with Gasteiger partial charge in [0.25, 0.3) is 0 Å². The van der Waals surface area contributed by atoms with Crippen molar-refractivity contribution >= 4 is 5.91 Å². The first-order valence-corrected chi connectivity index (χ1v) is 7.58. The van der Waals surface area contributed by atoms with E-state index in [0.717, 1.165) is 32.0 Å². The molecular weight excluding hydrogens is 226 g/mol. The van der Waals surface area contributed by atoms with Crippen LogP contribution >= 0.6 is 0 Å². The molecule has 2 aliphatic heterocycles. The third-order valence-electron chi connectivity index (χ3n) is 4.51. The summed E-state index contributed by atoms with van der Waals surface area (Å²) in [7, 11) is 0. The first kappa shape index (κ1) is 12.4. The lowest BCUT2D eigenvalue weighted by Crippen LogP contribution is -2.50. The molecule has 3 rings (SSSR count). The Morgan fingerprint density at radius 3 is 2.83 bits per heavy atom.